The van der Waals surface area contributed by atoms with Crippen LogP contribution in [0.25, 0.3) is 0 Å². The van der Waals surface area contributed by atoms with Gasteiger partial charge in [-0.2, -0.15) is 0 Å². The number of carbonyl (C=O) groups is 2. The van der Waals surface area contributed by atoms with Crippen molar-refractivity contribution in [3.05, 3.63) is 95.6 Å². The molecule has 0 atom stereocenters. The third-order valence-corrected chi connectivity index (χ3v) is 4.57. The third-order valence-electron chi connectivity index (χ3n) is 4.57. The quantitative estimate of drug-likeness (QED) is 0.331. The minimum absolute atomic E-state index is 0.138. The second-order valence-electron chi connectivity index (χ2n) is 6.47. The maximum Gasteiger partial charge on any atom is 0.312 e. The van der Waals surface area contributed by atoms with Crippen LogP contribution < -0.4 is 9.47 Å². The van der Waals surface area contributed by atoms with Gasteiger partial charge in [-0.05, 0) is 30.2 Å². The molecule has 0 aromatic heterocycles. The van der Waals surface area contributed by atoms with E-state index in [1.807, 2.05) is 60.7 Å². The highest BCUT2D eigenvalue weighted by atomic mass is 16.5. The molecule has 3 aromatic carbocycles. The van der Waals surface area contributed by atoms with Crippen LogP contribution in [-0.4, -0.2) is 18.9 Å². The Hall–Kier alpha value is -3.40. The van der Waals surface area contributed by atoms with Gasteiger partial charge in [0, 0.05) is 12.0 Å². The van der Waals surface area contributed by atoms with Crippen molar-refractivity contribution in [2.45, 2.75) is 19.3 Å². The van der Waals surface area contributed by atoms with Crippen molar-refractivity contribution in [3.8, 4) is 11.5 Å². The topological polar surface area (TPSA) is 52.6 Å². The molecule has 0 aliphatic carbocycles. The Bertz CT molecular complexity index is 909. The van der Waals surface area contributed by atoms with Gasteiger partial charge in [-0.1, -0.05) is 60.7 Å². The zero-order chi connectivity index (χ0) is 19.9. The number of benzene rings is 3. The van der Waals surface area contributed by atoms with Gasteiger partial charge >= 0.3 is 5.97 Å². The van der Waals surface area contributed by atoms with Crippen molar-refractivity contribution in [2.75, 3.05) is 7.11 Å². The van der Waals surface area contributed by atoms with E-state index in [0.29, 0.717) is 11.3 Å². The standard InChI is InChI=1S/C24H22O4/c1-17(25)21-14-13-20(27-2)15-23(21)28-24(26)16-22(18-9-5-3-6-10-18)19-11-7-4-8-12-19/h3-15,22H,16H2,1-2H3. The molecule has 3 rings (SSSR count). The Morgan fingerprint density at radius 3 is 1.93 bits per heavy atom. The Labute approximate surface area is 164 Å². The van der Waals surface area contributed by atoms with E-state index in [0.717, 1.165) is 11.1 Å². The molecule has 0 amide bonds. The molecule has 4 heteroatoms. The zero-order valence-corrected chi connectivity index (χ0v) is 15.9. The number of methoxy groups -OCH3 is 1. The van der Waals surface area contributed by atoms with Gasteiger partial charge in [0.2, 0.25) is 0 Å². The molecule has 0 spiro atoms. The molecule has 0 radical (unpaired) electrons. The number of esters is 1. The summed E-state index contributed by atoms with van der Waals surface area (Å²) in [5, 5.41) is 0. The van der Waals surface area contributed by atoms with Crippen LogP contribution in [0.1, 0.15) is 40.7 Å². The van der Waals surface area contributed by atoms with Crippen LogP contribution in [0.3, 0.4) is 0 Å². The molecule has 4 nitrogen and oxygen atoms in total. The fourth-order valence-corrected chi connectivity index (χ4v) is 3.13. The molecule has 3 aromatic rings. The molecule has 0 aliphatic heterocycles. The lowest BCUT2D eigenvalue weighted by Crippen LogP contribution is -2.15. The molecule has 0 unspecified atom stereocenters. The average molecular weight is 374 g/mol. The Balaban J connectivity index is 1.87. The third kappa shape index (κ3) is 4.65. The van der Waals surface area contributed by atoms with Gasteiger partial charge in [-0.15, -0.1) is 0 Å². The van der Waals surface area contributed by atoms with Crippen LogP contribution in [0, 0.1) is 0 Å². The van der Waals surface area contributed by atoms with Crippen LogP contribution in [0.4, 0.5) is 0 Å². The molecule has 28 heavy (non-hydrogen) atoms. The van der Waals surface area contributed by atoms with E-state index in [1.54, 1.807) is 18.2 Å². The number of rotatable bonds is 7. The minimum Gasteiger partial charge on any atom is -0.497 e. The first-order chi connectivity index (χ1) is 13.6. The lowest BCUT2D eigenvalue weighted by atomic mass is 9.88. The van der Waals surface area contributed by atoms with Crippen molar-refractivity contribution in [2.24, 2.45) is 0 Å². The highest BCUT2D eigenvalue weighted by Crippen LogP contribution is 2.30. The van der Waals surface area contributed by atoms with Crippen molar-refractivity contribution in [3.63, 3.8) is 0 Å². The highest BCUT2D eigenvalue weighted by molar-refractivity contribution is 5.97. The smallest absolute Gasteiger partial charge is 0.312 e. The summed E-state index contributed by atoms with van der Waals surface area (Å²) in [4.78, 5) is 24.6. The minimum atomic E-state index is -0.409. The summed E-state index contributed by atoms with van der Waals surface area (Å²) in [7, 11) is 1.52. The summed E-state index contributed by atoms with van der Waals surface area (Å²) in [6, 6.07) is 24.5. The summed E-state index contributed by atoms with van der Waals surface area (Å²) in [6.07, 6.45) is 0.155. The molecular formula is C24H22O4. The summed E-state index contributed by atoms with van der Waals surface area (Å²) in [6.45, 7) is 1.44. The van der Waals surface area contributed by atoms with E-state index >= 15 is 0 Å². The summed E-state index contributed by atoms with van der Waals surface area (Å²) < 4.78 is 10.8. The summed E-state index contributed by atoms with van der Waals surface area (Å²) in [5.74, 6) is 0.0232. The number of hydrogen-bond donors (Lipinski definition) is 0. The predicted molar refractivity (Wildman–Crippen MR) is 108 cm³/mol. The molecule has 0 saturated carbocycles. The molecule has 0 heterocycles. The van der Waals surface area contributed by atoms with Crippen molar-refractivity contribution in [1.82, 2.24) is 0 Å². The largest absolute Gasteiger partial charge is 0.497 e. The SMILES string of the molecule is COc1ccc(C(C)=O)c(OC(=O)CC(c2ccccc2)c2ccccc2)c1. The van der Waals surface area contributed by atoms with Gasteiger partial charge < -0.3 is 9.47 Å². The molecule has 0 N–H and O–H groups in total. The van der Waals surface area contributed by atoms with Crippen molar-refractivity contribution >= 4 is 11.8 Å². The molecular weight excluding hydrogens is 352 g/mol. The Morgan fingerprint density at radius 1 is 0.857 bits per heavy atom. The molecule has 0 aliphatic rings. The summed E-state index contributed by atoms with van der Waals surface area (Å²) in [5.41, 5.74) is 2.41. The van der Waals surface area contributed by atoms with E-state index in [2.05, 4.69) is 0 Å². The molecule has 0 fully saturated rings. The monoisotopic (exact) mass is 374 g/mol. The van der Waals surface area contributed by atoms with Gasteiger partial charge in [0.1, 0.15) is 11.5 Å². The van der Waals surface area contributed by atoms with Crippen LogP contribution in [0.15, 0.2) is 78.9 Å². The van der Waals surface area contributed by atoms with Gasteiger partial charge in [-0.25, -0.2) is 0 Å². The maximum atomic E-state index is 12.8. The molecule has 0 bridgehead atoms. The maximum absolute atomic E-state index is 12.8. The normalized spacial score (nSPS) is 10.5. The fraction of sp³-hybridized carbons (Fsp3) is 0.167. The van der Waals surface area contributed by atoms with Crippen LogP contribution in [0.2, 0.25) is 0 Å². The first-order valence-corrected chi connectivity index (χ1v) is 9.08. The van der Waals surface area contributed by atoms with E-state index in [9.17, 15) is 9.59 Å². The Kier molecular flexibility index (Phi) is 6.22. The number of carbonyl (C=O) groups excluding carboxylic acids is 2. The van der Waals surface area contributed by atoms with Gasteiger partial charge in [0.15, 0.2) is 5.78 Å². The van der Waals surface area contributed by atoms with Gasteiger partial charge in [-0.3, -0.25) is 9.59 Å². The fourth-order valence-electron chi connectivity index (χ4n) is 3.13. The molecule has 142 valence electrons. The number of ether oxygens (including phenoxy) is 2. The van der Waals surface area contributed by atoms with Crippen molar-refractivity contribution in [1.29, 1.82) is 0 Å². The van der Waals surface area contributed by atoms with Gasteiger partial charge in [0.25, 0.3) is 0 Å². The van der Waals surface area contributed by atoms with E-state index < -0.39 is 5.97 Å². The zero-order valence-electron chi connectivity index (χ0n) is 15.9. The van der Waals surface area contributed by atoms with E-state index in [1.165, 1.54) is 14.0 Å². The van der Waals surface area contributed by atoms with Gasteiger partial charge in [0.05, 0.1) is 19.1 Å². The average Bonchev–Trinajstić information content (AvgIpc) is 2.73. The first kappa shape index (κ1) is 19.4. The van der Waals surface area contributed by atoms with E-state index in [-0.39, 0.29) is 23.9 Å². The highest BCUT2D eigenvalue weighted by Gasteiger charge is 2.21. The molecule has 0 saturated heterocycles. The van der Waals surface area contributed by atoms with Crippen LogP contribution in [0.5, 0.6) is 11.5 Å². The summed E-state index contributed by atoms with van der Waals surface area (Å²) >= 11 is 0. The first-order valence-electron chi connectivity index (χ1n) is 9.08. The van der Waals surface area contributed by atoms with Crippen LogP contribution >= 0.6 is 0 Å². The number of ketones is 1. The second-order valence-corrected chi connectivity index (χ2v) is 6.47. The van der Waals surface area contributed by atoms with Crippen molar-refractivity contribution < 1.29 is 19.1 Å². The second kappa shape index (κ2) is 9.00. The number of Topliss-reactive ketones (excluding diaryl/α,β-unsaturated/α-hetero) is 1. The lowest BCUT2D eigenvalue weighted by Gasteiger charge is -2.18. The lowest BCUT2D eigenvalue weighted by molar-refractivity contribution is -0.134. The number of hydrogen-bond acceptors (Lipinski definition) is 4. The van der Waals surface area contributed by atoms with Crippen LogP contribution in [-0.2, 0) is 4.79 Å². The predicted octanol–water partition coefficient (Wildman–Crippen LogP) is 5.03. The van der Waals surface area contributed by atoms with E-state index in [4.69, 9.17) is 9.47 Å². The Morgan fingerprint density at radius 2 is 1.43 bits per heavy atom.